The minimum absolute atomic E-state index is 0.252. The minimum atomic E-state index is -0.310. The van der Waals surface area contributed by atoms with Crippen LogP contribution in [0.2, 0.25) is 0 Å². The van der Waals surface area contributed by atoms with Gasteiger partial charge in [0.1, 0.15) is 12.0 Å². The number of rotatable bonds is 3. The Labute approximate surface area is 114 Å². The number of carbonyl (C=O) groups excluding carboxylic acids is 1. The maximum atomic E-state index is 12.2. The van der Waals surface area contributed by atoms with Crippen LogP contribution < -0.4 is 10.1 Å². The van der Waals surface area contributed by atoms with E-state index in [9.17, 15) is 4.79 Å². The third kappa shape index (κ3) is 2.18. The van der Waals surface area contributed by atoms with Gasteiger partial charge in [0.05, 0.1) is 12.8 Å². The van der Waals surface area contributed by atoms with Crippen molar-refractivity contribution in [2.45, 2.75) is 0 Å². The van der Waals surface area contributed by atoms with E-state index in [1.165, 1.54) is 19.5 Å². The van der Waals surface area contributed by atoms with Gasteiger partial charge in [-0.15, -0.1) is 0 Å². The molecule has 0 aliphatic carbocycles. The van der Waals surface area contributed by atoms with E-state index in [2.05, 4.69) is 20.3 Å². The number of nitrogens with one attached hydrogen (secondary N) is 2. The molecule has 0 fully saturated rings. The molecule has 0 radical (unpaired) electrons. The van der Waals surface area contributed by atoms with Crippen molar-refractivity contribution in [2.24, 2.45) is 0 Å². The van der Waals surface area contributed by atoms with Gasteiger partial charge in [0.2, 0.25) is 5.88 Å². The Hall–Kier alpha value is -2.89. The number of ether oxygens (including phenoxy) is 1. The summed E-state index contributed by atoms with van der Waals surface area (Å²) in [6.07, 6.45) is 3.05. The Morgan fingerprint density at radius 1 is 1.30 bits per heavy atom. The van der Waals surface area contributed by atoms with Crippen LogP contribution in [0.1, 0.15) is 10.5 Å². The van der Waals surface area contributed by atoms with Crippen molar-refractivity contribution in [1.29, 1.82) is 0 Å². The predicted octanol–water partition coefficient (Wildman–Crippen LogP) is 2.22. The van der Waals surface area contributed by atoms with E-state index in [0.717, 1.165) is 10.9 Å². The Morgan fingerprint density at radius 2 is 2.15 bits per heavy atom. The van der Waals surface area contributed by atoms with Crippen LogP contribution in [-0.4, -0.2) is 28.0 Å². The number of para-hydroxylation sites is 1. The SMILES string of the molecule is COc1cc(C(=O)Nc2c[nH]c3ccccc23)ncn1. The molecule has 0 aliphatic heterocycles. The van der Waals surface area contributed by atoms with Gasteiger partial charge >= 0.3 is 0 Å². The number of aromatic nitrogens is 3. The van der Waals surface area contributed by atoms with Crippen LogP contribution in [0.3, 0.4) is 0 Å². The largest absolute Gasteiger partial charge is 0.481 e. The van der Waals surface area contributed by atoms with Crippen LogP contribution in [0, 0.1) is 0 Å². The lowest BCUT2D eigenvalue weighted by atomic mass is 10.2. The summed E-state index contributed by atoms with van der Waals surface area (Å²) < 4.78 is 4.97. The number of carbonyl (C=O) groups is 1. The lowest BCUT2D eigenvalue weighted by Crippen LogP contribution is -2.13. The van der Waals surface area contributed by atoms with Gasteiger partial charge in [-0.25, -0.2) is 9.97 Å². The molecule has 2 aromatic heterocycles. The molecule has 100 valence electrons. The second kappa shape index (κ2) is 5.00. The molecule has 0 saturated carbocycles. The molecule has 2 N–H and O–H groups in total. The number of fused-ring (bicyclic) bond motifs is 1. The Kier molecular flexibility index (Phi) is 3.04. The molecule has 0 saturated heterocycles. The molecule has 3 aromatic rings. The van der Waals surface area contributed by atoms with E-state index >= 15 is 0 Å². The number of aromatic amines is 1. The van der Waals surface area contributed by atoms with Crippen molar-refractivity contribution >= 4 is 22.5 Å². The third-order valence-corrected chi connectivity index (χ3v) is 2.92. The summed E-state index contributed by atoms with van der Waals surface area (Å²) in [6.45, 7) is 0. The maximum absolute atomic E-state index is 12.2. The average Bonchev–Trinajstić information content (AvgIpc) is 2.90. The molecule has 6 heteroatoms. The molecular weight excluding hydrogens is 256 g/mol. The highest BCUT2D eigenvalue weighted by atomic mass is 16.5. The van der Waals surface area contributed by atoms with Crippen LogP contribution in [-0.2, 0) is 0 Å². The van der Waals surface area contributed by atoms with Crippen molar-refractivity contribution in [2.75, 3.05) is 12.4 Å². The summed E-state index contributed by atoms with van der Waals surface area (Å²) in [4.78, 5) is 23.1. The zero-order valence-electron chi connectivity index (χ0n) is 10.8. The summed E-state index contributed by atoms with van der Waals surface area (Å²) in [5.41, 5.74) is 1.92. The summed E-state index contributed by atoms with van der Waals surface area (Å²) in [5, 5.41) is 3.76. The van der Waals surface area contributed by atoms with Gasteiger partial charge in [0, 0.05) is 23.2 Å². The number of anilines is 1. The molecule has 0 bridgehead atoms. The third-order valence-electron chi connectivity index (χ3n) is 2.92. The van der Waals surface area contributed by atoms with E-state index in [4.69, 9.17) is 4.74 Å². The smallest absolute Gasteiger partial charge is 0.274 e. The van der Waals surface area contributed by atoms with E-state index in [-0.39, 0.29) is 11.6 Å². The fraction of sp³-hybridized carbons (Fsp3) is 0.0714. The van der Waals surface area contributed by atoms with Gasteiger partial charge in [-0.1, -0.05) is 18.2 Å². The monoisotopic (exact) mass is 268 g/mol. The van der Waals surface area contributed by atoms with Gasteiger partial charge in [0.25, 0.3) is 5.91 Å². The number of hydrogen-bond donors (Lipinski definition) is 2. The average molecular weight is 268 g/mol. The van der Waals surface area contributed by atoms with Crippen molar-refractivity contribution in [3.05, 3.63) is 48.5 Å². The number of nitrogens with zero attached hydrogens (tertiary/aromatic N) is 2. The fourth-order valence-corrected chi connectivity index (χ4v) is 1.94. The summed E-state index contributed by atoms with van der Waals surface area (Å²) in [6, 6.07) is 9.21. The first-order valence-corrected chi connectivity index (χ1v) is 6.01. The fourth-order valence-electron chi connectivity index (χ4n) is 1.94. The van der Waals surface area contributed by atoms with Gasteiger partial charge in [-0.3, -0.25) is 4.79 Å². The zero-order valence-corrected chi connectivity index (χ0v) is 10.8. The summed E-state index contributed by atoms with van der Waals surface area (Å²) in [5.74, 6) is 0.0412. The van der Waals surface area contributed by atoms with Crippen LogP contribution in [0.5, 0.6) is 5.88 Å². The standard InChI is InChI=1S/C14H12N4O2/c1-20-13-6-11(16-8-17-13)14(19)18-12-7-15-10-5-3-2-4-9(10)12/h2-8,15H,1H3,(H,18,19). The lowest BCUT2D eigenvalue weighted by molar-refractivity contribution is 0.102. The Morgan fingerprint density at radius 3 is 3.00 bits per heavy atom. The second-order valence-corrected chi connectivity index (χ2v) is 4.15. The van der Waals surface area contributed by atoms with Crippen molar-refractivity contribution in [1.82, 2.24) is 15.0 Å². The van der Waals surface area contributed by atoms with E-state index in [1.54, 1.807) is 6.20 Å². The number of H-pyrrole nitrogens is 1. The molecule has 6 nitrogen and oxygen atoms in total. The molecule has 0 atom stereocenters. The van der Waals surface area contributed by atoms with Crippen LogP contribution in [0.4, 0.5) is 5.69 Å². The normalized spacial score (nSPS) is 10.4. The van der Waals surface area contributed by atoms with Gasteiger partial charge in [-0.05, 0) is 6.07 Å². The molecule has 2 heterocycles. The predicted molar refractivity (Wildman–Crippen MR) is 74.8 cm³/mol. The van der Waals surface area contributed by atoms with Gasteiger partial charge in [0.15, 0.2) is 0 Å². The molecule has 20 heavy (non-hydrogen) atoms. The quantitative estimate of drug-likeness (QED) is 0.763. The first-order valence-electron chi connectivity index (χ1n) is 6.01. The van der Waals surface area contributed by atoms with Crippen molar-refractivity contribution in [3.8, 4) is 5.88 Å². The summed E-state index contributed by atoms with van der Waals surface area (Å²) >= 11 is 0. The number of benzene rings is 1. The number of hydrogen-bond acceptors (Lipinski definition) is 4. The van der Waals surface area contributed by atoms with Crippen LogP contribution >= 0.6 is 0 Å². The zero-order chi connectivity index (χ0) is 13.9. The Balaban J connectivity index is 1.88. The molecule has 1 amide bonds. The number of methoxy groups -OCH3 is 1. The molecule has 0 spiro atoms. The minimum Gasteiger partial charge on any atom is -0.481 e. The first kappa shape index (κ1) is 12.2. The maximum Gasteiger partial charge on any atom is 0.274 e. The van der Waals surface area contributed by atoms with E-state index < -0.39 is 0 Å². The first-order chi connectivity index (χ1) is 9.78. The molecular formula is C14H12N4O2. The highest BCUT2D eigenvalue weighted by molar-refractivity contribution is 6.08. The van der Waals surface area contributed by atoms with Gasteiger partial charge < -0.3 is 15.0 Å². The second-order valence-electron chi connectivity index (χ2n) is 4.15. The molecule has 3 rings (SSSR count). The summed E-state index contributed by atoms with van der Waals surface area (Å²) in [7, 11) is 1.49. The number of amides is 1. The molecule has 1 aromatic carbocycles. The van der Waals surface area contributed by atoms with Gasteiger partial charge in [-0.2, -0.15) is 0 Å². The molecule has 0 aliphatic rings. The van der Waals surface area contributed by atoms with Crippen LogP contribution in [0.25, 0.3) is 10.9 Å². The molecule has 0 unspecified atom stereocenters. The topological polar surface area (TPSA) is 79.9 Å². The highest BCUT2D eigenvalue weighted by Crippen LogP contribution is 2.23. The van der Waals surface area contributed by atoms with Crippen molar-refractivity contribution in [3.63, 3.8) is 0 Å². The highest BCUT2D eigenvalue weighted by Gasteiger charge is 2.11. The lowest BCUT2D eigenvalue weighted by Gasteiger charge is -2.04. The Bertz CT molecular complexity index is 766. The van der Waals surface area contributed by atoms with Crippen LogP contribution in [0.15, 0.2) is 42.9 Å². The van der Waals surface area contributed by atoms with Crippen molar-refractivity contribution < 1.29 is 9.53 Å². The van der Waals surface area contributed by atoms with E-state index in [1.807, 2.05) is 24.3 Å². The van der Waals surface area contributed by atoms with E-state index in [0.29, 0.717) is 11.6 Å².